The van der Waals surface area contributed by atoms with Crippen LogP contribution in [0.15, 0.2) is 11.6 Å². The lowest BCUT2D eigenvalue weighted by Gasteiger charge is -2.07. The normalized spacial score (nSPS) is 39.4. The maximum atomic E-state index is 8.93. The molecular weight excluding hydrogens is 136 g/mol. The Morgan fingerprint density at radius 2 is 2.27 bits per heavy atom. The summed E-state index contributed by atoms with van der Waals surface area (Å²) in [6.45, 7) is 4.96. The number of hydrogen-bond acceptors (Lipinski definition) is 1. The Morgan fingerprint density at radius 3 is 2.82 bits per heavy atom. The molecule has 0 heterocycles. The third kappa shape index (κ3) is 0.943. The highest BCUT2D eigenvalue weighted by Crippen LogP contribution is 2.64. The van der Waals surface area contributed by atoms with E-state index < -0.39 is 0 Å². The highest BCUT2D eigenvalue weighted by Gasteiger charge is 2.57. The van der Waals surface area contributed by atoms with Gasteiger partial charge in [0.15, 0.2) is 0 Å². The summed E-state index contributed by atoms with van der Waals surface area (Å²) in [6, 6.07) is 0. The molecule has 0 radical (unpaired) electrons. The molecular formula is C10H16O. The summed E-state index contributed by atoms with van der Waals surface area (Å²) < 4.78 is 0. The average Bonchev–Trinajstić information content (AvgIpc) is 2.55. The van der Waals surface area contributed by atoms with Gasteiger partial charge in [0.2, 0.25) is 0 Å². The third-order valence-corrected chi connectivity index (χ3v) is 3.63. The Morgan fingerprint density at radius 1 is 1.55 bits per heavy atom. The summed E-state index contributed by atoms with van der Waals surface area (Å²) in [5.74, 6) is 1.78. The molecule has 2 atom stereocenters. The van der Waals surface area contributed by atoms with Crippen LogP contribution >= 0.6 is 0 Å². The Labute approximate surface area is 68.1 Å². The SMILES string of the molecule is CC1(C)[C@@H]2CC=C(CO)C[C@@H]21. The first-order valence-corrected chi connectivity index (χ1v) is 4.45. The number of allylic oxidation sites excluding steroid dienone is 1. The minimum absolute atomic E-state index is 0.277. The largest absolute Gasteiger partial charge is 0.392 e. The molecule has 1 N–H and O–H groups in total. The molecule has 0 saturated heterocycles. The zero-order valence-electron chi connectivity index (χ0n) is 7.30. The maximum absolute atomic E-state index is 8.93. The highest BCUT2D eigenvalue weighted by molar-refractivity contribution is 5.20. The fourth-order valence-electron chi connectivity index (χ4n) is 2.52. The van der Waals surface area contributed by atoms with Crippen molar-refractivity contribution in [3.8, 4) is 0 Å². The maximum Gasteiger partial charge on any atom is 0.0641 e. The van der Waals surface area contributed by atoms with Gasteiger partial charge >= 0.3 is 0 Å². The molecule has 2 aliphatic rings. The standard InChI is InChI=1S/C10H16O/c1-10(2)8-4-3-7(6-11)5-9(8)10/h3,8-9,11H,4-6H2,1-2H3/t8-,9+/m1/s1. The van der Waals surface area contributed by atoms with E-state index in [1.807, 2.05) is 0 Å². The minimum atomic E-state index is 0.277. The van der Waals surface area contributed by atoms with Crippen molar-refractivity contribution in [1.82, 2.24) is 0 Å². The first-order valence-electron chi connectivity index (χ1n) is 4.45. The van der Waals surface area contributed by atoms with Gasteiger partial charge in [-0.3, -0.25) is 0 Å². The van der Waals surface area contributed by atoms with E-state index in [9.17, 15) is 0 Å². The topological polar surface area (TPSA) is 20.2 Å². The van der Waals surface area contributed by atoms with Crippen molar-refractivity contribution in [3.05, 3.63) is 11.6 Å². The Hall–Kier alpha value is -0.300. The average molecular weight is 152 g/mol. The van der Waals surface area contributed by atoms with Crippen LogP contribution in [0.2, 0.25) is 0 Å². The molecule has 0 spiro atoms. The molecule has 11 heavy (non-hydrogen) atoms. The summed E-state index contributed by atoms with van der Waals surface area (Å²) in [5.41, 5.74) is 1.82. The summed E-state index contributed by atoms with van der Waals surface area (Å²) in [6.07, 6.45) is 4.58. The number of hydrogen-bond donors (Lipinski definition) is 1. The Bertz CT molecular complexity index is 203. The molecule has 0 aliphatic heterocycles. The number of aliphatic hydroxyl groups excluding tert-OH is 1. The lowest BCUT2D eigenvalue weighted by molar-refractivity contribution is 0.320. The van der Waals surface area contributed by atoms with Gasteiger partial charge in [-0.1, -0.05) is 19.9 Å². The fraction of sp³-hybridized carbons (Fsp3) is 0.800. The second-order valence-corrected chi connectivity index (χ2v) is 4.49. The zero-order valence-corrected chi connectivity index (χ0v) is 7.30. The van der Waals surface area contributed by atoms with Crippen molar-refractivity contribution in [2.75, 3.05) is 6.61 Å². The third-order valence-electron chi connectivity index (χ3n) is 3.63. The van der Waals surface area contributed by atoms with Gasteiger partial charge in [0.25, 0.3) is 0 Å². The van der Waals surface area contributed by atoms with E-state index in [-0.39, 0.29) is 6.61 Å². The van der Waals surface area contributed by atoms with Crippen LogP contribution in [0.1, 0.15) is 26.7 Å². The molecule has 0 bridgehead atoms. The van der Waals surface area contributed by atoms with Gasteiger partial charge in [-0.25, -0.2) is 0 Å². The Kier molecular flexibility index (Phi) is 1.40. The fourth-order valence-corrected chi connectivity index (χ4v) is 2.52. The van der Waals surface area contributed by atoms with Crippen molar-refractivity contribution in [2.45, 2.75) is 26.7 Å². The lowest BCUT2D eigenvalue weighted by atomic mass is 10.0. The summed E-state index contributed by atoms with van der Waals surface area (Å²) in [5, 5.41) is 8.93. The molecule has 0 unspecified atom stereocenters. The van der Waals surface area contributed by atoms with Crippen molar-refractivity contribution in [2.24, 2.45) is 17.3 Å². The van der Waals surface area contributed by atoms with E-state index in [1.54, 1.807) is 0 Å². The molecule has 0 aromatic rings. The summed E-state index contributed by atoms with van der Waals surface area (Å²) in [4.78, 5) is 0. The van der Waals surface area contributed by atoms with Crippen molar-refractivity contribution < 1.29 is 5.11 Å². The van der Waals surface area contributed by atoms with Crippen LogP contribution in [-0.4, -0.2) is 11.7 Å². The van der Waals surface area contributed by atoms with Crippen molar-refractivity contribution >= 4 is 0 Å². The summed E-state index contributed by atoms with van der Waals surface area (Å²) >= 11 is 0. The number of rotatable bonds is 1. The smallest absolute Gasteiger partial charge is 0.0641 e. The first kappa shape index (κ1) is 7.35. The van der Waals surface area contributed by atoms with Gasteiger partial charge in [-0.2, -0.15) is 0 Å². The highest BCUT2D eigenvalue weighted by atomic mass is 16.3. The second kappa shape index (κ2) is 2.10. The monoisotopic (exact) mass is 152 g/mol. The Balaban J connectivity index is 2.06. The molecule has 2 aliphatic carbocycles. The van der Waals surface area contributed by atoms with Crippen molar-refractivity contribution in [1.29, 1.82) is 0 Å². The van der Waals surface area contributed by atoms with Gasteiger partial charge in [0.1, 0.15) is 0 Å². The first-order chi connectivity index (χ1) is 5.16. The number of aliphatic hydroxyl groups is 1. The van der Waals surface area contributed by atoms with Crippen LogP contribution in [0.25, 0.3) is 0 Å². The van der Waals surface area contributed by atoms with Gasteiger partial charge in [0.05, 0.1) is 6.61 Å². The van der Waals surface area contributed by atoms with E-state index in [4.69, 9.17) is 5.11 Å². The zero-order chi connectivity index (χ0) is 8.06. The molecule has 1 nitrogen and oxygen atoms in total. The molecule has 0 aromatic carbocycles. The molecule has 1 saturated carbocycles. The van der Waals surface area contributed by atoms with E-state index >= 15 is 0 Å². The van der Waals surface area contributed by atoms with E-state index in [2.05, 4.69) is 19.9 Å². The quantitative estimate of drug-likeness (QED) is 0.569. The predicted octanol–water partition coefficient (Wildman–Crippen LogP) is 1.97. The van der Waals surface area contributed by atoms with E-state index in [0.29, 0.717) is 5.41 Å². The van der Waals surface area contributed by atoms with Crippen LogP contribution in [0, 0.1) is 17.3 Å². The molecule has 2 rings (SSSR count). The van der Waals surface area contributed by atoms with Crippen LogP contribution in [0.3, 0.4) is 0 Å². The van der Waals surface area contributed by atoms with Gasteiger partial charge < -0.3 is 5.11 Å². The predicted molar refractivity (Wildman–Crippen MR) is 45.2 cm³/mol. The van der Waals surface area contributed by atoms with Gasteiger partial charge in [-0.15, -0.1) is 0 Å². The molecule has 1 heteroatoms. The van der Waals surface area contributed by atoms with Gasteiger partial charge in [0, 0.05) is 0 Å². The molecule has 1 fully saturated rings. The second-order valence-electron chi connectivity index (χ2n) is 4.49. The number of fused-ring (bicyclic) bond motifs is 1. The van der Waals surface area contributed by atoms with Gasteiger partial charge in [-0.05, 0) is 35.7 Å². The molecule has 0 aromatic heterocycles. The summed E-state index contributed by atoms with van der Waals surface area (Å²) in [7, 11) is 0. The molecule has 62 valence electrons. The van der Waals surface area contributed by atoms with Crippen LogP contribution in [0.5, 0.6) is 0 Å². The van der Waals surface area contributed by atoms with Crippen LogP contribution < -0.4 is 0 Å². The van der Waals surface area contributed by atoms with Crippen LogP contribution in [-0.2, 0) is 0 Å². The van der Waals surface area contributed by atoms with Crippen molar-refractivity contribution in [3.63, 3.8) is 0 Å². The molecule has 0 amide bonds. The minimum Gasteiger partial charge on any atom is -0.392 e. The van der Waals surface area contributed by atoms with E-state index in [1.165, 1.54) is 12.0 Å². The van der Waals surface area contributed by atoms with E-state index in [0.717, 1.165) is 18.3 Å². The van der Waals surface area contributed by atoms with Crippen LogP contribution in [0.4, 0.5) is 0 Å². The lowest BCUT2D eigenvalue weighted by Crippen LogP contribution is -1.98.